The Bertz CT molecular complexity index is 1730. The van der Waals surface area contributed by atoms with Gasteiger partial charge in [-0.2, -0.15) is 0 Å². The number of benzene rings is 4. The second-order valence-electron chi connectivity index (χ2n) is 9.76. The molecule has 0 spiro atoms. The molecule has 0 aliphatic heterocycles. The topological polar surface area (TPSA) is 104 Å². The van der Waals surface area contributed by atoms with Gasteiger partial charge < -0.3 is 10.4 Å². The highest BCUT2D eigenvalue weighted by atomic mass is 32.2. The minimum atomic E-state index is -3.88. The zero-order valence-electron chi connectivity index (χ0n) is 20.9. The molecule has 5 aromatic rings. The highest BCUT2D eigenvalue weighted by Crippen LogP contribution is 2.33. The lowest BCUT2D eigenvalue weighted by Gasteiger charge is -2.24. The number of hydrogen-bond acceptors (Lipinski definition) is 6. The van der Waals surface area contributed by atoms with Gasteiger partial charge >= 0.3 is 0 Å². The summed E-state index contributed by atoms with van der Waals surface area (Å²) < 4.78 is 28.9. The Morgan fingerprint density at radius 2 is 1.54 bits per heavy atom. The zero-order valence-corrected chi connectivity index (χ0v) is 21.7. The highest BCUT2D eigenvalue weighted by molar-refractivity contribution is 7.89. The smallest absolute Gasteiger partial charge is 0.241 e. The van der Waals surface area contributed by atoms with Gasteiger partial charge in [0.25, 0.3) is 0 Å². The highest BCUT2D eigenvalue weighted by Gasteiger charge is 2.27. The second kappa shape index (κ2) is 9.55. The Morgan fingerprint density at radius 1 is 0.838 bits per heavy atom. The fourth-order valence-electron chi connectivity index (χ4n) is 4.30. The summed E-state index contributed by atoms with van der Waals surface area (Å²) >= 11 is 0. The molecule has 0 bridgehead atoms. The van der Waals surface area contributed by atoms with Crippen molar-refractivity contribution >= 4 is 43.1 Å². The summed E-state index contributed by atoms with van der Waals surface area (Å²) in [5, 5.41) is 25.9. The molecule has 0 amide bonds. The van der Waals surface area contributed by atoms with E-state index in [0.29, 0.717) is 22.6 Å². The van der Waals surface area contributed by atoms with E-state index in [-0.39, 0.29) is 11.5 Å². The molecule has 0 aliphatic carbocycles. The van der Waals surface area contributed by atoms with Crippen molar-refractivity contribution in [3.8, 4) is 11.3 Å². The third-order valence-electron chi connectivity index (χ3n) is 6.26. The summed E-state index contributed by atoms with van der Waals surface area (Å²) in [6.07, 6.45) is 0. The predicted molar refractivity (Wildman–Crippen MR) is 148 cm³/mol. The molecular weight excluding hydrogens is 484 g/mol. The molecule has 3 N–H and O–H groups in total. The van der Waals surface area contributed by atoms with E-state index in [1.54, 1.807) is 32.9 Å². The summed E-state index contributed by atoms with van der Waals surface area (Å²) in [5.74, 6) is 0.612. The van der Waals surface area contributed by atoms with E-state index in [2.05, 4.69) is 44.5 Å². The molecule has 1 aromatic heterocycles. The van der Waals surface area contributed by atoms with Crippen LogP contribution >= 0.6 is 0 Å². The number of aliphatic hydroxyl groups excluding tert-OH is 1. The maximum absolute atomic E-state index is 13.2. The monoisotopic (exact) mass is 512 g/mol. The third kappa shape index (κ3) is 5.04. The SMILES string of the molecule is Cc1ccc(-c2nnc(Nc3ccc4ccccc4c3)c3ccccc23)cc1S(=O)(=O)NC(C)(C)CO. The molecule has 1 heterocycles. The van der Waals surface area contributed by atoms with Gasteiger partial charge in [-0.05, 0) is 55.3 Å². The number of aliphatic hydroxyl groups is 1. The molecule has 0 radical (unpaired) electrons. The molecule has 8 heteroatoms. The standard InChI is InChI=1S/C29H28N4O3S/c1-19-12-13-22(17-26(19)37(35,36)33-29(2,3)18-34)27-24-10-6-7-11-25(24)28(32-31-27)30-23-15-14-20-8-4-5-9-21(20)16-23/h4-17,33-34H,18H2,1-3H3,(H,30,32). The minimum Gasteiger partial charge on any atom is -0.394 e. The first-order valence-electron chi connectivity index (χ1n) is 11.9. The van der Waals surface area contributed by atoms with Crippen molar-refractivity contribution < 1.29 is 13.5 Å². The van der Waals surface area contributed by atoms with Crippen molar-refractivity contribution in [1.82, 2.24) is 14.9 Å². The fourth-order valence-corrected chi connectivity index (χ4v) is 5.98. The Balaban J connectivity index is 1.57. The number of anilines is 2. The number of sulfonamides is 1. The lowest BCUT2D eigenvalue weighted by atomic mass is 10.0. The Kier molecular flexibility index (Phi) is 6.41. The van der Waals surface area contributed by atoms with Crippen LogP contribution in [-0.4, -0.2) is 35.9 Å². The van der Waals surface area contributed by atoms with Gasteiger partial charge in [0, 0.05) is 22.0 Å². The summed E-state index contributed by atoms with van der Waals surface area (Å²) in [4.78, 5) is 0.135. The normalized spacial score (nSPS) is 12.2. The van der Waals surface area contributed by atoms with Crippen molar-refractivity contribution in [1.29, 1.82) is 0 Å². The molecule has 5 rings (SSSR count). The van der Waals surface area contributed by atoms with Crippen molar-refractivity contribution in [2.45, 2.75) is 31.2 Å². The van der Waals surface area contributed by atoms with Gasteiger partial charge in [-0.3, -0.25) is 0 Å². The van der Waals surface area contributed by atoms with Gasteiger partial charge in [0.15, 0.2) is 5.82 Å². The molecule has 0 unspecified atom stereocenters. The average Bonchev–Trinajstić information content (AvgIpc) is 2.88. The van der Waals surface area contributed by atoms with Crippen LogP contribution in [-0.2, 0) is 10.0 Å². The molecule has 0 aliphatic rings. The van der Waals surface area contributed by atoms with Crippen LogP contribution in [0.4, 0.5) is 11.5 Å². The Hall–Kier alpha value is -3.85. The van der Waals surface area contributed by atoms with Crippen LogP contribution in [0, 0.1) is 6.92 Å². The maximum atomic E-state index is 13.2. The van der Waals surface area contributed by atoms with Crippen molar-refractivity contribution in [3.05, 3.63) is 90.5 Å². The van der Waals surface area contributed by atoms with Gasteiger partial charge in [0.05, 0.1) is 17.0 Å². The zero-order chi connectivity index (χ0) is 26.2. The lowest BCUT2D eigenvalue weighted by Crippen LogP contribution is -2.46. The van der Waals surface area contributed by atoms with Gasteiger partial charge in [0.2, 0.25) is 10.0 Å². The number of nitrogens with one attached hydrogen (secondary N) is 2. The number of nitrogens with zero attached hydrogens (tertiary/aromatic N) is 2. The molecule has 0 atom stereocenters. The van der Waals surface area contributed by atoms with Crippen LogP contribution in [0.1, 0.15) is 19.4 Å². The van der Waals surface area contributed by atoms with E-state index in [1.165, 1.54) is 0 Å². The molecule has 37 heavy (non-hydrogen) atoms. The van der Waals surface area contributed by atoms with E-state index in [9.17, 15) is 13.5 Å². The largest absolute Gasteiger partial charge is 0.394 e. The second-order valence-corrected chi connectivity index (χ2v) is 11.4. The number of aryl methyl sites for hydroxylation is 1. The fraction of sp³-hybridized carbons (Fsp3) is 0.172. The first-order valence-corrected chi connectivity index (χ1v) is 13.4. The molecule has 0 saturated carbocycles. The van der Waals surface area contributed by atoms with Gasteiger partial charge in [-0.25, -0.2) is 13.1 Å². The van der Waals surface area contributed by atoms with Crippen LogP contribution in [0.3, 0.4) is 0 Å². The molecule has 7 nitrogen and oxygen atoms in total. The van der Waals surface area contributed by atoms with E-state index < -0.39 is 15.6 Å². The van der Waals surface area contributed by atoms with E-state index in [0.717, 1.165) is 27.2 Å². The van der Waals surface area contributed by atoms with Crippen LogP contribution in [0.25, 0.3) is 32.8 Å². The van der Waals surface area contributed by atoms with E-state index in [4.69, 9.17) is 0 Å². The van der Waals surface area contributed by atoms with E-state index in [1.807, 2.05) is 48.5 Å². The average molecular weight is 513 g/mol. The Morgan fingerprint density at radius 3 is 2.30 bits per heavy atom. The van der Waals surface area contributed by atoms with Gasteiger partial charge in [-0.1, -0.05) is 66.7 Å². The minimum absolute atomic E-state index is 0.135. The molecule has 4 aromatic carbocycles. The summed E-state index contributed by atoms with van der Waals surface area (Å²) in [5.41, 5.74) is 1.71. The summed E-state index contributed by atoms with van der Waals surface area (Å²) in [7, 11) is -3.88. The molecule has 0 fully saturated rings. The van der Waals surface area contributed by atoms with Crippen LogP contribution in [0.2, 0.25) is 0 Å². The lowest BCUT2D eigenvalue weighted by molar-refractivity contribution is 0.208. The van der Waals surface area contributed by atoms with Crippen molar-refractivity contribution in [2.75, 3.05) is 11.9 Å². The van der Waals surface area contributed by atoms with Gasteiger partial charge in [-0.15, -0.1) is 10.2 Å². The van der Waals surface area contributed by atoms with Crippen molar-refractivity contribution in [2.24, 2.45) is 0 Å². The van der Waals surface area contributed by atoms with Gasteiger partial charge in [0.1, 0.15) is 5.69 Å². The maximum Gasteiger partial charge on any atom is 0.241 e. The first-order chi connectivity index (χ1) is 17.7. The Labute approximate surface area is 216 Å². The number of aromatic nitrogens is 2. The molecule has 188 valence electrons. The third-order valence-corrected chi connectivity index (χ3v) is 8.10. The molecule has 0 saturated heterocycles. The number of fused-ring (bicyclic) bond motifs is 2. The first kappa shape index (κ1) is 24.8. The summed E-state index contributed by atoms with van der Waals surface area (Å²) in [6, 6.07) is 27.3. The number of rotatable bonds is 7. The summed E-state index contributed by atoms with van der Waals surface area (Å²) in [6.45, 7) is 4.67. The number of hydrogen-bond donors (Lipinski definition) is 3. The van der Waals surface area contributed by atoms with E-state index >= 15 is 0 Å². The van der Waals surface area contributed by atoms with Crippen molar-refractivity contribution in [3.63, 3.8) is 0 Å². The predicted octanol–water partition coefficient (Wildman–Crippen LogP) is 5.55. The quantitative estimate of drug-likeness (QED) is 0.264. The molecular formula is C29H28N4O3S. The van der Waals surface area contributed by atoms with Crippen LogP contribution in [0.15, 0.2) is 89.8 Å². The van der Waals surface area contributed by atoms with Crippen LogP contribution in [0.5, 0.6) is 0 Å². The van der Waals surface area contributed by atoms with Crippen LogP contribution < -0.4 is 10.0 Å².